The second-order valence-electron chi connectivity index (χ2n) is 7.44. The molecule has 0 bridgehead atoms. The van der Waals surface area contributed by atoms with Gasteiger partial charge in [-0.3, -0.25) is 14.6 Å². The highest BCUT2D eigenvalue weighted by Gasteiger charge is 2.44. The summed E-state index contributed by atoms with van der Waals surface area (Å²) >= 11 is 0. The van der Waals surface area contributed by atoms with Crippen molar-refractivity contribution in [2.45, 2.75) is 57.8 Å². The molecule has 26 heavy (non-hydrogen) atoms. The number of allylic oxidation sites excluding steroid dienone is 2. The number of benzene rings is 1. The van der Waals surface area contributed by atoms with E-state index in [0.29, 0.717) is 19.4 Å². The summed E-state index contributed by atoms with van der Waals surface area (Å²) in [4.78, 5) is 30.4. The molecule has 136 valence electrons. The molecule has 2 atom stereocenters. The van der Waals surface area contributed by atoms with Gasteiger partial charge >= 0.3 is 0 Å². The molecule has 0 amide bonds. The Labute approximate surface area is 154 Å². The number of carbonyl (C=O) groups is 2. The Hall–Kier alpha value is -2.23. The summed E-state index contributed by atoms with van der Waals surface area (Å²) in [6, 6.07) is 7.95. The molecular formula is C22H25NO3. The summed E-state index contributed by atoms with van der Waals surface area (Å²) in [5.74, 6) is 0.735. The summed E-state index contributed by atoms with van der Waals surface area (Å²) < 4.78 is 5.80. The molecular weight excluding hydrogens is 326 g/mol. The number of carbonyl (C=O) groups excluding carboxylic acids is 2. The van der Waals surface area contributed by atoms with Crippen LogP contribution >= 0.6 is 0 Å². The molecule has 1 saturated carbocycles. The first-order chi connectivity index (χ1) is 12.7. The first-order valence-corrected chi connectivity index (χ1v) is 9.78. The molecule has 0 spiro atoms. The molecule has 0 aromatic heterocycles. The first kappa shape index (κ1) is 17.2. The van der Waals surface area contributed by atoms with Crippen molar-refractivity contribution in [2.24, 2.45) is 10.9 Å². The minimum absolute atomic E-state index is 0.164. The smallest absolute Gasteiger partial charge is 0.161 e. The third-order valence-electron chi connectivity index (χ3n) is 5.60. The van der Waals surface area contributed by atoms with Gasteiger partial charge in [-0.15, -0.1) is 0 Å². The molecule has 1 unspecified atom stereocenters. The zero-order chi connectivity index (χ0) is 18.1. The van der Waals surface area contributed by atoms with Crippen LogP contribution < -0.4 is 4.74 Å². The normalized spacial score (nSPS) is 25.5. The van der Waals surface area contributed by atoms with E-state index in [4.69, 9.17) is 9.73 Å². The number of aliphatic imine (C=N–C) groups is 1. The Balaban J connectivity index is 1.80. The fraction of sp³-hybridized carbons (Fsp3) is 0.500. The van der Waals surface area contributed by atoms with Gasteiger partial charge in [0, 0.05) is 35.7 Å². The lowest BCUT2D eigenvalue weighted by atomic mass is 9.67. The van der Waals surface area contributed by atoms with Crippen molar-refractivity contribution in [3.05, 3.63) is 41.1 Å². The minimum atomic E-state index is -0.272. The molecule has 4 rings (SSSR count). The predicted octanol–water partition coefficient (Wildman–Crippen LogP) is 4.39. The van der Waals surface area contributed by atoms with Crippen LogP contribution in [0.5, 0.6) is 5.75 Å². The van der Waals surface area contributed by atoms with E-state index < -0.39 is 0 Å². The van der Waals surface area contributed by atoms with Gasteiger partial charge in [0.25, 0.3) is 0 Å². The lowest BCUT2D eigenvalue weighted by Gasteiger charge is -2.38. The predicted molar refractivity (Wildman–Crippen MR) is 101 cm³/mol. The quantitative estimate of drug-likeness (QED) is 0.808. The maximum absolute atomic E-state index is 12.8. The molecule has 2 aliphatic carbocycles. The van der Waals surface area contributed by atoms with E-state index in [2.05, 4.69) is 6.92 Å². The first-order valence-electron chi connectivity index (χ1n) is 9.78. The molecule has 4 heteroatoms. The molecule has 1 aliphatic heterocycles. The molecule has 0 radical (unpaired) electrons. The summed E-state index contributed by atoms with van der Waals surface area (Å²) in [6.07, 6.45) is 5.53. The number of rotatable bonds is 4. The monoisotopic (exact) mass is 351 g/mol. The van der Waals surface area contributed by atoms with Gasteiger partial charge in [-0.05, 0) is 49.8 Å². The van der Waals surface area contributed by atoms with Crippen molar-refractivity contribution >= 4 is 17.3 Å². The van der Waals surface area contributed by atoms with Crippen LogP contribution in [0.2, 0.25) is 0 Å². The number of ketones is 2. The van der Waals surface area contributed by atoms with E-state index in [1.54, 1.807) is 0 Å². The number of hydrogen-bond donors (Lipinski definition) is 0. The van der Waals surface area contributed by atoms with Crippen LogP contribution in [0.25, 0.3) is 0 Å². The van der Waals surface area contributed by atoms with Crippen LogP contribution in [0.1, 0.15) is 63.4 Å². The Morgan fingerprint density at radius 2 is 1.92 bits per heavy atom. The van der Waals surface area contributed by atoms with Crippen LogP contribution in [0.3, 0.4) is 0 Å². The number of Topliss-reactive ketones (excluding diaryl/α,β-unsaturated/α-hetero) is 2. The molecule has 1 aromatic rings. The van der Waals surface area contributed by atoms with Crippen LogP contribution in [0.4, 0.5) is 0 Å². The summed E-state index contributed by atoms with van der Waals surface area (Å²) in [7, 11) is 0. The highest BCUT2D eigenvalue weighted by atomic mass is 16.5. The number of ether oxygens (including phenoxy) is 1. The lowest BCUT2D eigenvalue weighted by molar-refractivity contribution is -0.122. The minimum Gasteiger partial charge on any atom is -0.494 e. The van der Waals surface area contributed by atoms with E-state index in [1.165, 1.54) is 0 Å². The Kier molecular flexibility index (Phi) is 4.75. The number of fused-ring (bicyclic) bond motifs is 1. The lowest BCUT2D eigenvalue weighted by Crippen LogP contribution is -2.39. The van der Waals surface area contributed by atoms with Gasteiger partial charge < -0.3 is 4.74 Å². The van der Waals surface area contributed by atoms with Gasteiger partial charge in [-0.1, -0.05) is 19.1 Å². The van der Waals surface area contributed by atoms with Gasteiger partial charge in [0.05, 0.1) is 12.5 Å². The zero-order valence-corrected chi connectivity index (χ0v) is 15.3. The second-order valence-corrected chi connectivity index (χ2v) is 7.44. The van der Waals surface area contributed by atoms with E-state index in [-0.39, 0.29) is 23.4 Å². The van der Waals surface area contributed by atoms with E-state index >= 15 is 0 Å². The van der Waals surface area contributed by atoms with E-state index in [0.717, 1.165) is 60.4 Å². The maximum atomic E-state index is 12.8. The van der Waals surface area contributed by atoms with E-state index in [1.807, 2.05) is 24.3 Å². The van der Waals surface area contributed by atoms with Gasteiger partial charge in [0.15, 0.2) is 5.78 Å². The number of hydrogen-bond acceptors (Lipinski definition) is 4. The van der Waals surface area contributed by atoms with Crippen LogP contribution in [-0.4, -0.2) is 23.9 Å². The third-order valence-corrected chi connectivity index (χ3v) is 5.60. The topological polar surface area (TPSA) is 55.7 Å². The van der Waals surface area contributed by atoms with Gasteiger partial charge in [-0.2, -0.15) is 0 Å². The van der Waals surface area contributed by atoms with Gasteiger partial charge in [-0.25, -0.2) is 0 Å². The second kappa shape index (κ2) is 7.18. The summed E-state index contributed by atoms with van der Waals surface area (Å²) in [5, 5.41) is 0. The van der Waals surface area contributed by atoms with Crippen molar-refractivity contribution < 1.29 is 14.3 Å². The van der Waals surface area contributed by atoms with Crippen molar-refractivity contribution in [3.8, 4) is 5.75 Å². The average Bonchev–Trinajstić information content (AvgIpc) is 2.65. The van der Waals surface area contributed by atoms with Crippen LogP contribution in [-0.2, 0) is 9.59 Å². The molecule has 0 saturated heterocycles. The average molecular weight is 351 g/mol. The van der Waals surface area contributed by atoms with Crippen molar-refractivity contribution in [1.82, 2.24) is 0 Å². The van der Waals surface area contributed by atoms with Crippen molar-refractivity contribution in [3.63, 3.8) is 0 Å². The zero-order valence-electron chi connectivity index (χ0n) is 15.3. The SMILES string of the molecule is CCCOc1cccc([C@H]2C3=C(CCCC3=O)N=C3CCCC(=O)C32)c1. The number of nitrogens with zero attached hydrogens (tertiary/aromatic N) is 1. The fourth-order valence-electron chi connectivity index (χ4n) is 4.48. The van der Waals surface area contributed by atoms with Crippen LogP contribution in [0.15, 0.2) is 40.5 Å². The van der Waals surface area contributed by atoms with Crippen molar-refractivity contribution in [1.29, 1.82) is 0 Å². The molecule has 3 aliphatic rings. The van der Waals surface area contributed by atoms with Gasteiger partial charge in [0.1, 0.15) is 11.5 Å². The van der Waals surface area contributed by atoms with Gasteiger partial charge in [0.2, 0.25) is 0 Å². The standard InChI is InChI=1S/C22H25NO3/c1-2-12-26-15-7-3-6-14(13-15)20-21-16(8-4-10-18(21)24)23-17-9-5-11-19(25)22(17)20/h3,6-7,13,20-21H,2,4-5,8-12H2,1H3/t20-,21?/m1/s1. The summed E-state index contributed by atoms with van der Waals surface area (Å²) in [5.41, 5.74) is 3.70. The van der Waals surface area contributed by atoms with Crippen LogP contribution in [0, 0.1) is 5.92 Å². The third kappa shape index (κ3) is 3.02. The molecule has 0 N–H and O–H groups in total. The molecule has 4 nitrogen and oxygen atoms in total. The fourth-order valence-corrected chi connectivity index (χ4v) is 4.48. The molecule has 1 fully saturated rings. The maximum Gasteiger partial charge on any atom is 0.161 e. The summed E-state index contributed by atoms with van der Waals surface area (Å²) in [6.45, 7) is 2.74. The molecule has 1 aromatic carbocycles. The van der Waals surface area contributed by atoms with E-state index in [9.17, 15) is 9.59 Å². The Bertz CT molecular complexity index is 805. The largest absolute Gasteiger partial charge is 0.494 e. The highest BCUT2D eigenvalue weighted by molar-refractivity contribution is 6.12. The Morgan fingerprint density at radius 1 is 1.08 bits per heavy atom. The molecule has 1 heterocycles. The Morgan fingerprint density at radius 3 is 2.77 bits per heavy atom. The van der Waals surface area contributed by atoms with Crippen molar-refractivity contribution in [2.75, 3.05) is 6.61 Å². The highest BCUT2D eigenvalue weighted by Crippen LogP contribution is 2.46.